The van der Waals surface area contributed by atoms with Crippen LogP contribution in [0, 0.1) is 24.0 Å². The summed E-state index contributed by atoms with van der Waals surface area (Å²) in [6, 6.07) is 13.7. The zero-order valence-corrected chi connectivity index (χ0v) is 14.7. The van der Waals surface area contributed by atoms with Gasteiger partial charge >= 0.3 is 5.76 Å². The average Bonchev–Trinajstić information content (AvgIpc) is 3.14. The van der Waals surface area contributed by atoms with Gasteiger partial charge in [-0.25, -0.2) is 9.48 Å². The van der Waals surface area contributed by atoms with Crippen molar-refractivity contribution < 1.29 is 9.34 Å². The number of benzene rings is 2. The second-order valence-electron chi connectivity index (χ2n) is 6.37. The van der Waals surface area contributed by atoms with Gasteiger partial charge in [0.15, 0.2) is 5.58 Å². The normalized spacial score (nSPS) is 11.2. The molecule has 2 aromatic carbocycles. The Kier molecular flexibility index (Phi) is 3.88. The second-order valence-corrected chi connectivity index (χ2v) is 6.37. The van der Waals surface area contributed by atoms with Crippen LogP contribution >= 0.6 is 0 Å². The number of hydrogen-bond donors (Lipinski definition) is 0. The number of nitro benzene ring substituents is 1. The zero-order chi connectivity index (χ0) is 19.1. The first kappa shape index (κ1) is 16.8. The summed E-state index contributed by atoms with van der Waals surface area (Å²) in [6.45, 7) is 4.18. The number of oxazole rings is 1. The lowest BCUT2D eigenvalue weighted by molar-refractivity contribution is -0.384. The predicted octanol–water partition coefficient (Wildman–Crippen LogP) is 3.35. The molecule has 0 bridgehead atoms. The van der Waals surface area contributed by atoms with Crippen LogP contribution in [0.1, 0.15) is 17.0 Å². The number of hydrogen-bond acceptors (Lipinski definition) is 5. The number of nitro groups is 1. The van der Waals surface area contributed by atoms with E-state index in [4.69, 9.17) is 4.42 Å². The quantitative estimate of drug-likeness (QED) is 0.409. The molecule has 0 saturated carbocycles. The van der Waals surface area contributed by atoms with Crippen LogP contribution in [0.4, 0.5) is 5.69 Å². The molecule has 0 aliphatic carbocycles. The molecule has 4 aromatic rings. The number of fused-ring (bicyclic) bond motifs is 1. The van der Waals surface area contributed by atoms with E-state index in [2.05, 4.69) is 5.10 Å². The predicted molar refractivity (Wildman–Crippen MR) is 99.3 cm³/mol. The maximum atomic E-state index is 12.2. The first-order valence-electron chi connectivity index (χ1n) is 8.33. The molecule has 0 spiro atoms. The number of aryl methyl sites for hydroxylation is 2. The van der Waals surface area contributed by atoms with E-state index in [1.54, 1.807) is 0 Å². The molecule has 8 heteroatoms. The Morgan fingerprint density at radius 3 is 2.48 bits per heavy atom. The van der Waals surface area contributed by atoms with Crippen LogP contribution in [0.15, 0.2) is 57.7 Å². The third-order valence-corrected chi connectivity index (χ3v) is 4.39. The Bertz CT molecular complexity index is 1210. The molecule has 0 amide bonds. The SMILES string of the molecule is Cc1cc(C)n(-c2ccc(Cn3c(=O)oc4ccc([N+](=O)[O-])cc43)cc2)n1. The maximum absolute atomic E-state index is 12.2. The van der Waals surface area contributed by atoms with E-state index in [0.717, 1.165) is 22.6 Å². The molecule has 0 radical (unpaired) electrons. The summed E-state index contributed by atoms with van der Waals surface area (Å²) >= 11 is 0. The van der Waals surface area contributed by atoms with Crippen molar-refractivity contribution in [2.24, 2.45) is 0 Å². The van der Waals surface area contributed by atoms with Crippen LogP contribution in [0.3, 0.4) is 0 Å². The summed E-state index contributed by atoms with van der Waals surface area (Å²) in [5, 5.41) is 15.5. The fraction of sp³-hybridized carbons (Fsp3) is 0.158. The molecule has 136 valence electrons. The largest absolute Gasteiger partial charge is 0.420 e. The van der Waals surface area contributed by atoms with Gasteiger partial charge in [0.25, 0.3) is 5.69 Å². The summed E-state index contributed by atoms with van der Waals surface area (Å²) < 4.78 is 8.43. The van der Waals surface area contributed by atoms with Gasteiger partial charge in [0.2, 0.25) is 0 Å². The van der Waals surface area contributed by atoms with Crippen LogP contribution in [0.25, 0.3) is 16.8 Å². The van der Waals surface area contributed by atoms with E-state index < -0.39 is 10.7 Å². The van der Waals surface area contributed by atoms with E-state index in [9.17, 15) is 14.9 Å². The Morgan fingerprint density at radius 1 is 1.11 bits per heavy atom. The maximum Gasteiger partial charge on any atom is 0.420 e. The van der Waals surface area contributed by atoms with Crippen LogP contribution in [0.5, 0.6) is 0 Å². The van der Waals surface area contributed by atoms with Crippen molar-refractivity contribution in [2.45, 2.75) is 20.4 Å². The van der Waals surface area contributed by atoms with Crippen LogP contribution in [-0.2, 0) is 6.54 Å². The summed E-state index contributed by atoms with van der Waals surface area (Å²) in [5.74, 6) is -0.548. The second kappa shape index (κ2) is 6.24. The average molecular weight is 364 g/mol. The minimum Gasteiger partial charge on any atom is -0.408 e. The molecule has 0 N–H and O–H groups in total. The number of nitrogens with zero attached hydrogens (tertiary/aromatic N) is 4. The highest BCUT2D eigenvalue weighted by atomic mass is 16.6. The van der Waals surface area contributed by atoms with E-state index in [1.807, 2.05) is 48.9 Å². The van der Waals surface area contributed by atoms with Gasteiger partial charge in [-0.3, -0.25) is 14.7 Å². The number of non-ortho nitro benzene ring substituents is 1. The summed E-state index contributed by atoms with van der Waals surface area (Å²) in [4.78, 5) is 22.7. The van der Waals surface area contributed by atoms with Gasteiger partial charge < -0.3 is 4.42 Å². The molecule has 0 saturated heterocycles. The van der Waals surface area contributed by atoms with Crippen molar-refractivity contribution in [1.29, 1.82) is 0 Å². The van der Waals surface area contributed by atoms with Gasteiger partial charge in [-0.1, -0.05) is 12.1 Å². The molecule has 2 heterocycles. The van der Waals surface area contributed by atoms with Crippen LogP contribution in [0.2, 0.25) is 0 Å². The van der Waals surface area contributed by atoms with Gasteiger partial charge in [0.1, 0.15) is 0 Å². The van der Waals surface area contributed by atoms with Crippen molar-refractivity contribution in [2.75, 3.05) is 0 Å². The molecule has 0 atom stereocenters. The van der Waals surface area contributed by atoms with E-state index in [0.29, 0.717) is 11.1 Å². The molecule has 27 heavy (non-hydrogen) atoms. The van der Waals surface area contributed by atoms with Gasteiger partial charge in [-0.15, -0.1) is 0 Å². The van der Waals surface area contributed by atoms with Gasteiger partial charge in [-0.2, -0.15) is 5.10 Å². The molecule has 4 rings (SSSR count). The Hall–Kier alpha value is -3.68. The molecular formula is C19H16N4O4. The lowest BCUT2D eigenvalue weighted by Crippen LogP contribution is -2.15. The van der Waals surface area contributed by atoms with Crippen molar-refractivity contribution in [3.05, 3.63) is 86.1 Å². The lowest BCUT2D eigenvalue weighted by Gasteiger charge is -2.07. The standard InChI is InChI=1S/C19H16N4O4/c1-12-9-13(2)22(20-12)15-5-3-14(4-6-15)11-21-17-10-16(23(25)26)7-8-18(17)27-19(21)24/h3-10H,11H2,1-2H3. The molecule has 0 fully saturated rings. The fourth-order valence-corrected chi connectivity index (χ4v) is 3.13. The van der Waals surface area contributed by atoms with Crippen molar-refractivity contribution in [3.8, 4) is 5.69 Å². The first-order valence-corrected chi connectivity index (χ1v) is 8.33. The Labute approximate surface area is 153 Å². The third kappa shape index (κ3) is 3.01. The van der Waals surface area contributed by atoms with Gasteiger partial charge in [0, 0.05) is 17.8 Å². The summed E-state index contributed by atoms with van der Waals surface area (Å²) in [7, 11) is 0. The lowest BCUT2D eigenvalue weighted by atomic mass is 10.2. The monoisotopic (exact) mass is 364 g/mol. The molecule has 0 aliphatic rings. The van der Waals surface area contributed by atoms with Crippen LogP contribution < -0.4 is 5.76 Å². The smallest absolute Gasteiger partial charge is 0.408 e. The highest BCUT2D eigenvalue weighted by molar-refractivity contribution is 5.76. The number of rotatable bonds is 4. The molecule has 0 aliphatic heterocycles. The Balaban J connectivity index is 1.69. The topological polar surface area (TPSA) is 96.1 Å². The van der Waals surface area contributed by atoms with Gasteiger partial charge in [0.05, 0.1) is 28.4 Å². The van der Waals surface area contributed by atoms with E-state index in [-0.39, 0.29) is 12.2 Å². The van der Waals surface area contributed by atoms with Crippen molar-refractivity contribution in [1.82, 2.24) is 14.3 Å². The summed E-state index contributed by atoms with van der Waals surface area (Å²) in [6.07, 6.45) is 0. The zero-order valence-electron chi connectivity index (χ0n) is 14.7. The number of aromatic nitrogens is 3. The highest BCUT2D eigenvalue weighted by Crippen LogP contribution is 2.21. The molecular weight excluding hydrogens is 348 g/mol. The summed E-state index contributed by atoms with van der Waals surface area (Å²) in [5.41, 5.74) is 4.40. The van der Waals surface area contributed by atoms with E-state index >= 15 is 0 Å². The van der Waals surface area contributed by atoms with Crippen molar-refractivity contribution >= 4 is 16.8 Å². The highest BCUT2D eigenvalue weighted by Gasteiger charge is 2.14. The minimum atomic E-state index is -0.548. The molecule has 0 unspecified atom stereocenters. The first-order chi connectivity index (χ1) is 12.9. The van der Waals surface area contributed by atoms with Crippen molar-refractivity contribution in [3.63, 3.8) is 0 Å². The Morgan fingerprint density at radius 2 is 1.85 bits per heavy atom. The van der Waals surface area contributed by atoms with Gasteiger partial charge in [-0.05, 0) is 43.7 Å². The molecule has 8 nitrogen and oxygen atoms in total. The molecule has 2 aromatic heterocycles. The third-order valence-electron chi connectivity index (χ3n) is 4.39. The minimum absolute atomic E-state index is 0.0862. The van der Waals surface area contributed by atoms with Crippen LogP contribution in [-0.4, -0.2) is 19.3 Å². The fourth-order valence-electron chi connectivity index (χ4n) is 3.13. The van der Waals surface area contributed by atoms with E-state index in [1.165, 1.54) is 22.8 Å².